The summed E-state index contributed by atoms with van der Waals surface area (Å²) in [6.45, 7) is 1.77. The zero-order chi connectivity index (χ0) is 11.3. The second-order valence-electron chi connectivity index (χ2n) is 3.03. The minimum absolute atomic E-state index is 0.432. The minimum atomic E-state index is -0.951. The smallest absolute Gasteiger partial charge is 0.344 e. The number of hydrogen-bond donors (Lipinski definition) is 1. The Kier molecular flexibility index (Phi) is 3.97. The van der Waals surface area contributed by atoms with Crippen molar-refractivity contribution in [3.05, 3.63) is 24.3 Å². The molecule has 1 rings (SSSR count). The quantitative estimate of drug-likeness (QED) is 0.806. The Hall–Kier alpha value is -1.71. The molecule has 82 valence electrons. The van der Waals surface area contributed by atoms with Gasteiger partial charge in [0, 0.05) is 0 Å². The molecular weight excluding hydrogens is 196 g/mol. The van der Waals surface area contributed by atoms with Crippen molar-refractivity contribution in [2.24, 2.45) is 0 Å². The Labute approximate surface area is 88.4 Å². The van der Waals surface area contributed by atoms with Gasteiger partial charge in [-0.2, -0.15) is 0 Å². The van der Waals surface area contributed by atoms with Gasteiger partial charge in [0.05, 0.1) is 7.11 Å². The molecule has 1 N–H and O–H groups in total. The number of ether oxygens (including phenoxy) is 2. The molecule has 0 radical (unpaired) electrons. The molecule has 0 aliphatic rings. The Balaban J connectivity index is 2.67. The molecular formula is C11H14O4. The zero-order valence-electron chi connectivity index (χ0n) is 8.77. The Morgan fingerprint density at radius 2 is 1.87 bits per heavy atom. The molecule has 4 heteroatoms. The number of hydrogen-bond acceptors (Lipinski definition) is 3. The van der Waals surface area contributed by atoms with E-state index in [1.807, 2.05) is 0 Å². The minimum Gasteiger partial charge on any atom is -0.497 e. The predicted octanol–water partition coefficient (Wildman–Crippen LogP) is 1.94. The summed E-state index contributed by atoms with van der Waals surface area (Å²) in [7, 11) is 1.57. The lowest BCUT2D eigenvalue weighted by molar-refractivity contribution is -0.145. The molecule has 1 atom stereocenters. The number of aliphatic carboxylic acids is 1. The molecule has 0 bridgehead atoms. The molecule has 1 aromatic carbocycles. The van der Waals surface area contributed by atoms with E-state index in [4.69, 9.17) is 14.6 Å². The summed E-state index contributed by atoms with van der Waals surface area (Å²) in [6.07, 6.45) is -0.361. The average molecular weight is 210 g/mol. The van der Waals surface area contributed by atoms with E-state index >= 15 is 0 Å². The van der Waals surface area contributed by atoms with Crippen molar-refractivity contribution in [3.63, 3.8) is 0 Å². The molecule has 1 unspecified atom stereocenters. The summed E-state index contributed by atoms with van der Waals surface area (Å²) in [5.74, 6) is 0.295. The summed E-state index contributed by atoms with van der Waals surface area (Å²) in [5, 5.41) is 8.79. The first-order valence-electron chi connectivity index (χ1n) is 4.71. The van der Waals surface area contributed by atoms with Crippen LogP contribution in [-0.4, -0.2) is 24.3 Å². The van der Waals surface area contributed by atoms with Crippen LogP contribution in [0.25, 0.3) is 0 Å². The fourth-order valence-corrected chi connectivity index (χ4v) is 1.13. The molecule has 0 saturated heterocycles. The van der Waals surface area contributed by atoms with Crippen molar-refractivity contribution in [3.8, 4) is 11.5 Å². The first kappa shape index (κ1) is 11.4. The summed E-state index contributed by atoms with van der Waals surface area (Å²) in [4.78, 5) is 10.7. The number of benzene rings is 1. The number of rotatable bonds is 5. The standard InChI is InChI=1S/C11H14O4/c1-3-10(11(12)13)15-9-6-4-8(14-2)5-7-9/h4-7,10H,3H2,1-2H3,(H,12,13). The van der Waals surface area contributed by atoms with Crippen LogP contribution in [0.2, 0.25) is 0 Å². The highest BCUT2D eigenvalue weighted by Gasteiger charge is 2.16. The van der Waals surface area contributed by atoms with Gasteiger partial charge in [-0.15, -0.1) is 0 Å². The van der Waals surface area contributed by atoms with Crippen molar-refractivity contribution in [2.45, 2.75) is 19.4 Å². The van der Waals surface area contributed by atoms with Crippen LogP contribution in [0.4, 0.5) is 0 Å². The summed E-state index contributed by atoms with van der Waals surface area (Å²) in [6, 6.07) is 6.82. The van der Waals surface area contributed by atoms with Gasteiger partial charge < -0.3 is 14.6 Å². The third-order valence-corrected chi connectivity index (χ3v) is 1.98. The molecule has 15 heavy (non-hydrogen) atoms. The van der Waals surface area contributed by atoms with E-state index in [0.29, 0.717) is 17.9 Å². The zero-order valence-corrected chi connectivity index (χ0v) is 8.77. The molecule has 0 amide bonds. The van der Waals surface area contributed by atoms with Crippen molar-refractivity contribution in [2.75, 3.05) is 7.11 Å². The van der Waals surface area contributed by atoms with E-state index in [1.165, 1.54) is 0 Å². The van der Waals surface area contributed by atoms with Gasteiger partial charge in [0.15, 0.2) is 6.10 Å². The maximum atomic E-state index is 10.7. The lowest BCUT2D eigenvalue weighted by atomic mass is 10.2. The summed E-state index contributed by atoms with van der Waals surface area (Å²) < 4.78 is 10.2. The molecule has 0 heterocycles. The van der Waals surface area contributed by atoms with Gasteiger partial charge >= 0.3 is 5.97 Å². The fourth-order valence-electron chi connectivity index (χ4n) is 1.13. The largest absolute Gasteiger partial charge is 0.497 e. The average Bonchev–Trinajstić information content (AvgIpc) is 2.26. The van der Waals surface area contributed by atoms with Crippen LogP contribution in [0.15, 0.2) is 24.3 Å². The Bertz CT molecular complexity index is 318. The van der Waals surface area contributed by atoms with E-state index in [-0.39, 0.29) is 0 Å². The molecule has 1 aromatic rings. The van der Waals surface area contributed by atoms with Gasteiger partial charge in [-0.25, -0.2) is 4.79 Å². The topological polar surface area (TPSA) is 55.8 Å². The van der Waals surface area contributed by atoms with Crippen molar-refractivity contribution in [1.82, 2.24) is 0 Å². The number of carbonyl (C=O) groups is 1. The van der Waals surface area contributed by atoms with Gasteiger partial charge in [-0.1, -0.05) is 6.92 Å². The van der Waals surface area contributed by atoms with Crippen LogP contribution in [-0.2, 0) is 4.79 Å². The number of carboxylic acid groups (broad SMARTS) is 1. The normalized spacial score (nSPS) is 11.9. The van der Waals surface area contributed by atoms with Crippen LogP contribution >= 0.6 is 0 Å². The van der Waals surface area contributed by atoms with Gasteiger partial charge in [-0.05, 0) is 30.7 Å². The monoisotopic (exact) mass is 210 g/mol. The van der Waals surface area contributed by atoms with Crippen molar-refractivity contribution in [1.29, 1.82) is 0 Å². The molecule has 0 aliphatic heterocycles. The molecule has 0 aromatic heterocycles. The van der Waals surface area contributed by atoms with Crippen LogP contribution < -0.4 is 9.47 Å². The number of methoxy groups -OCH3 is 1. The first-order chi connectivity index (χ1) is 7.17. The first-order valence-corrected chi connectivity index (χ1v) is 4.71. The van der Waals surface area contributed by atoms with E-state index < -0.39 is 12.1 Å². The van der Waals surface area contributed by atoms with E-state index in [2.05, 4.69) is 0 Å². The lowest BCUT2D eigenvalue weighted by Gasteiger charge is -2.13. The highest BCUT2D eigenvalue weighted by Crippen LogP contribution is 2.18. The summed E-state index contributed by atoms with van der Waals surface area (Å²) >= 11 is 0. The Morgan fingerprint density at radius 1 is 1.33 bits per heavy atom. The van der Waals surface area contributed by atoms with Gasteiger partial charge in [0.25, 0.3) is 0 Å². The predicted molar refractivity (Wildman–Crippen MR) is 55.3 cm³/mol. The van der Waals surface area contributed by atoms with Gasteiger partial charge in [-0.3, -0.25) is 0 Å². The van der Waals surface area contributed by atoms with Crippen molar-refractivity contribution >= 4 is 5.97 Å². The second kappa shape index (κ2) is 5.24. The highest BCUT2D eigenvalue weighted by molar-refractivity contribution is 5.72. The van der Waals surface area contributed by atoms with Crippen molar-refractivity contribution < 1.29 is 19.4 Å². The third-order valence-electron chi connectivity index (χ3n) is 1.98. The van der Waals surface area contributed by atoms with Crippen LogP contribution in [0.1, 0.15) is 13.3 Å². The Morgan fingerprint density at radius 3 is 2.27 bits per heavy atom. The van der Waals surface area contributed by atoms with Crippen LogP contribution in [0.3, 0.4) is 0 Å². The van der Waals surface area contributed by atoms with E-state index in [0.717, 1.165) is 0 Å². The van der Waals surface area contributed by atoms with Gasteiger partial charge in [0.2, 0.25) is 0 Å². The maximum Gasteiger partial charge on any atom is 0.344 e. The fraction of sp³-hybridized carbons (Fsp3) is 0.364. The molecule has 4 nitrogen and oxygen atoms in total. The molecule has 0 fully saturated rings. The molecule has 0 spiro atoms. The molecule has 0 saturated carbocycles. The number of carboxylic acids is 1. The SMILES string of the molecule is CCC(Oc1ccc(OC)cc1)C(=O)O. The van der Waals surface area contributed by atoms with Crippen LogP contribution in [0, 0.1) is 0 Å². The molecule has 0 aliphatic carbocycles. The van der Waals surface area contributed by atoms with Gasteiger partial charge in [0.1, 0.15) is 11.5 Å². The third kappa shape index (κ3) is 3.16. The van der Waals surface area contributed by atoms with Crippen LogP contribution in [0.5, 0.6) is 11.5 Å². The van der Waals surface area contributed by atoms with E-state index in [9.17, 15) is 4.79 Å². The second-order valence-corrected chi connectivity index (χ2v) is 3.03. The highest BCUT2D eigenvalue weighted by atomic mass is 16.5. The van der Waals surface area contributed by atoms with E-state index in [1.54, 1.807) is 38.3 Å². The lowest BCUT2D eigenvalue weighted by Crippen LogP contribution is -2.25. The summed E-state index contributed by atoms with van der Waals surface area (Å²) in [5.41, 5.74) is 0. The maximum absolute atomic E-state index is 10.7.